The number of hydrogen-bond donors (Lipinski definition) is 1. The first-order valence-electron chi connectivity index (χ1n) is 6.98. The van der Waals surface area contributed by atoms with E-state index in [0.29, 0.717) is 16.5 Å². The number of ether oxygens (including phenoxy) is 2. The maximum Gasteiger partial charge on any atom is 0.237 e. The average Bonchev–Trinajstić information content (AvgIpc) is 2.55. The van der Waals surface area contributed by atoms with E-state index >= 15 is 0 Å². The Labute approximate surface area is 145 Å². The van der Waals surface area contributed by atoms with Gasteiger partial charge < -0.3 is 14.8 Å². The number of methoxy groups -OCH3 is 2. The quantitative estimate of drug-likeness (QED) is 0.780. The van der Waals surface area contributed by atoms with Gasteiger partial charge in [0.15, 0.2) is 0 Å². The van der Waals surface area contributed by atoms with Crippen molar-refractivity contribution in [3.05, 3.63) is 47.5 Å². The number of carbonyl (C=O) groups excluding carboxylic acids is 1. The summed E-state index contributed by atoms with van der Waals surface area (Å²) in [5, 5.41) is 3.12. The van der Waals surface area contributed by atoms with Gasteiger partial charge in [-0.25, -0.2) is 0 Å². The fraction of sp³-hybridized carbons (Fsp3) is 0.235. The molecular weight excluding hydrogens is 334 g/mol. The lowest BCUT2D eigenvalue weighted by molar-refractivity contribution is -0.115. The van der Waals surface area contributed by atoms with Crippen molar-refractivity contribution in [1.29, 1.82) is 0 Å². The molecule has 1 N–H and O–H groups in total. The summed E-state index contributed by atoms with van der Waals surface area (Å²) in [6.45, 7) is 1.85. The van der Waals surface area contributed by atoms with E-state index in [1.807, 2.05) is 31.2 Å². The van der Waals surface area contributed by atoms with Crippen LogP contribution in [0.5, 0.6) is 11.5 Å². The molecule has 6 heteroatoms. The minimum atomic E-state index is -0.271. The molecule has 0 aliphatic rings. The summed E-state index contributed by atoms with van der Waals surface area (Å²) >= 11 is 7.44. The summed E-state index contributed by atoms with van der Waals surface area (Å²) in [5.74, 6) is 1.24. The predicted octanol–water partition coefficient (Wildman–Crippen LogP) is 4.48. The van der Waals surface area contributed by atoms with Crippen LogP contribution >= 0.6 is 23.4 Å². The van der Waals surface area contributed by atoms with Gasteiger partial charge in [0, 0.05) is 9.92 Å². The Kier molecular flexibility index (Phi) is 6.19. The zero-order valence-electron chi connectivity index (χ0n) is 13.1. The smallest absolute Gasteiger partial charge is 0.237 e. The van der Waals surface area contributed by atoms with E-state index in [1.165, 1.54) is 11.8 Å². The van der Waals surface area contributed by atoms with Crippen LogP contribution in [0.3, 0.4) is 0 Å². The lowest BCUT2D eigenvalue weighted by atomic mass is 10.3. The number of carbonyl (C=O) groups is 1. The number of nitrogens with one attached hydrogen (secondary N) is 1. The highest BCUT2D eigenvalue weighted by atomic mass is 35.5. The predicted molar refractivity (Wildman–Crippen MR) is 94.9 cm³/mol. The van der Waals surface area contributed by atoms with E-state index in [4.69, 9.17) is 21.1 Å². The lowest BCUT2D eigenvalue weighted by Crippen LogP contribution is -2.22. The van der Waals surface area contributed by atoms with Gasteiger partial charge in [0.25, 0.3) is 0 Å². The molecule has 2 aromatic rings. The SMILES string of the molecule is COc1ccc(SC(C)C(=O)Nc2cc(Cl)ccc2OC)cc1. The summed E-state index contributed by atoms with van der Waals surface area (Å²) < 4.78 is 10.4. The van der Waals surface area contributed by atoms with E-state index in [9.17, 15) is 4.79 Å². The molecule has 0 spiro atoms. The molecule has 122 valence electrons. The van der Waals surface area contributed by atoms with Crippen LogP contribution in [0.25, 0.3) is 0 Å². The molecule has 0 heterocycles. The van der Waals surface area contributed by atoms with Crippen molar-refractivity contribution in [3.63, 3.8) is 0 Å². The Bertz CT molecular complexity index is 676. The fourth-order valence-electron chi connectivity index (χ4n) is 1.92. The number of benzene rings is 2. The monoisotopic (exact) mass is 351 g/mol. The summed E-state index contributed by atoms with van der Waals surface area (Å²) in [6.07, 6.45) is 0. The topological polar surface area (TPSA) is 47.6 Å². The molecule has 1 amide bonds. The highest BCUT2D eigenvalue weighted by Crippen LogP contribution is 2.30. The fourth-order valence-corrected chi connectivity index (χ4v) is 2.96. The Morgan fingerprint density at radius 1 is 1.13 bits per heavy atom. The van der Waals surface area contributed by atoms with Crippen molar-refractivity contribution in [1.82, 2.24) is 0 Å². The third-order valence-corrected chi connectivity index (χ3v) is 4.51. The van der Waals surface area contributed by atoms with E-state index in [2.05, 4.69) is 5.32 Å². The van der Waals surface area contributed by atoms with Gasteiger partial charge in [-0.1, -0.05) is 11.6 Å². The maximum atomic E-state index is 12.4. The van der Waals surface area contributed by atoms with Gasteiger partial charge in [0.2, 0.25) is 5.91 Å². The van der Waals surface area contributed by atoms with Crippen molar-refractivity contribution >= 4 is 35.0 Å². The van der Waals surface area contributed by atoms with Crippen LogP contribution in [-0.2, 0) is 4.79 Å². The van der Waals surface area contributed by atoms with Crippen LogP contribution in [0.1, 0.15) is 6.92 Å². The van der Waals surface area contributed by atoms with Gasteiger partial charge in [0.05, 0.1) is 25.2 Å². The molecule has 0 saturated heterocycles. The second-order valence-electron chi connectivity index (χ2n) is 4.77. The maximum absolute atomic E-state index is 12.4. The van der Waals surface area contributed by atoms with Crippen molar-refractivity contribution in [3.8, 4) is 11.5 Å². The first kappa shape index (κ1) is 17.5. The van der Waals surface area contributed by atoms with Crippen molar-refractivity contribution < 1.29 is 14.3 Å². The third-order valence-electron chi connectivity index (χ3n) is 3.16. The van der Waals surface area contributed by atoms with Crippen LogP contribution in [0, 0.1) is 0 Å². The summed E-state index contributed by atoms with van der Waals surface area (Å²) in [6, 6.07) is 12.7. The van der Waals surface area contributed by atoms with E-state index in [1.54, 1.807) is 32.4 Å². The van der Waals surface area contributed by atoms with E-state index in [-0.39, 0.29) is 11.2 Å². The second kappa shape index (κ2) is 8.13. The van der Waals surface area contributed by atoms with E-state index in [0.717, 1.165) is 10.6 Å². The molecule has 23 heavy (non-hydrogen) atoms. The molecule has 0 radical (unpaired) electrons. The van der Waals surface area contributed by atoms with Gasteiger partial charge in [0.1, 0.15) is 11.5 Å². The summed E-state index contributed by atoms with van der Waals surface area (Å²) in [4.78, 5) is 13.4. The summed E-state index contributed by atoms with van der Waals surface area (Å²) in [7, 11) is 3.17. The van der Waals surface area contributed by atoms with Crippen LogP contribution in [-0.4, -0.2) is 25.4 Å². The first-order chi connectivity index (χ1) is 11.0. The Balaban J connectivity index is 2.03. The molecule has 0 saturated carbocycles. The molecule has 2 aromatic carbocycles. The molecule has 1 atom stereocenters. The van der Waals surface area contributed by atoms with Gasteiger partial charge in [-0.2, -0.15) is 0 Å². The number of rotatable bonds is 6. The van der Waals surface area contributed by atoms with Gasteiger partial charge in [-0.05, 0) is 49.4 Å². The van der Waals surface area contributed by atoms with Crippen LogP contribution in [0.4, 0.5) is 5.69 Å². The Morgan fingerprint density at radius 3 is 2.43 bits per heavy atom. The molecular formula is C17H18ClNO3S. The third kappa shape index (κ3) is 4.81. The molecule has 0 bridgehead atoms. The number of thioether (sulfide) groups is 1. The minimum Gasteiger partial charge on any atom is -0.497 e. The van der Waals surface area contributed by atoms with Crippen LogP contribution in [0.15, 0.2) is 47.4 Å². The normalized spacial score (nSPS) is 11.7. The van der Waals surface area contributed by atoms with Gasteiger partial charge in [-0.3, -0.25) is 4.79 Å². The number of anilines is 1. The first-order valence-corrected chi connectivity index (χ1v) is 8.24. The second-order valence-corrected chi connectivity index (χ2v) is 6.62. The van der Waals surface area contributed by atoms with Crippen molar-refractivity contribution in [2.45, 2.75) is 17.1 Å². The molecule has 1 unspecified atom stereocenters. The van der Waals surface area contributed by atoms with Crippen molar-refractivity contribution in [2.24, 2.45) is 0 Å². The van der Waals surface area contributed by atoms with Crippen LogP contribution in [0.2, 0.25) is 5.02 Å². The molecule has 0 fully saturated rings. The Hall–Kier alpha value is -1.85. The van der Waals surface area contributed by atoms with Crippen molar-refractivity contribution in [2.75, 3.05) is 19.5 Å². The number of halogens is 1. The lowest BCUT2D eigenvalue weighted by Gasteiger charge is -2.14. The molecule has 4 nitrogen and oxygen atoms in total. The number of amides is 1. The standard InChI is InChI=1S/C17H18ClNO3S/c1-11(23-14-7-5-13(21-2)6-8-14)17(20)19-15-10-12(18)4-9-16(15)22-3/h4-11H,1-3H3,(H,19,20). The zero-order valence-corrected chi connectivity index (χ0v) is 14.7. The molecule has 2 rings (SSSR count). The highest BCUT2D eigenvalue weighted by Gasteiger charge is 2.16. The zero-order chi connectivity index (χ0) is 16.8. The largest absolute Gasteiger partial charge is 0.497 e. The highest BCUT2D eigenvalue weighted by molar-refractivity contribution is 8.00. The van der Waals surface area contributed by atoms with Crippen LogP contribution < -0.4 is 14.8 Å². The molecule has 0 aromatic heterocycles. The van der Waals surface area contributed by atoms with Gasteiger partial charge >= 0.3 is 0 Å². The molecule has 0 aliphatic heterocycles. The summed E-state index contributed by atoms with van der Waals surface area (Å²) in [5.41, 5.74) is 0.562. The average molecular weight is 352 g/mol. The van der Waals surface area contributed by atoms with Gasteiger partial charge in [-0.15, -0.1) is 11.8 Å². The Morgan fingerprint density at radius 2 is 1.83 bits per heavy atom. The van der Waals surface area contributed by atoms with E-state index < -0.39 is 0 Å². The number of hydrogen-bond acceptors (Lipinski definition) is 4. The molecule has 0 aliphatic carbocycles. The minimum absolute atomic E-state index is 0.119.